The highest BCUT2D eigenvalue weighted by atomic mass is 19.1. The standard InChI is InChI=1S/C15H19FN2O2/c1-11(2)20-15(18-8-3-4-9-18)17-14(19)12-6-5-7-13(16)10-12/h5-7,10-11H,3-4,8-9H2,1-2H3. The van der Waals surface area contributed by atoms with Gasteiger partial charge in [-0.15, -0.1) is 0 Å². The Morgan fingerprint density at radius 3 is 2.65 bits per heavy atom. The van der Waals surface area contributed by atoms with Crippen molar-refractivity contribution in [3.63, 3.8) is 0 Å². The lowest BCUT2D eigenvalue weighted by atomic mass is 10.2. The van der Waals surface area contributed by atoms with Gasteiger partial charge in [-0.05, 0) is 44.9 Å². The minimum atomic E-state index is -0.480. The lowest BCUT2D eigenvalue weighted by Gasteiger charge is -2.21. The Labute approximate surface area is 118 Å². The predicted octanol–water partition coefficient (Wildman–Crippen LogP) is 2.84. The summed E-state index contributed by atoms with van der Waals surface area (Å²) in [5, 5.41) is 0. The Kier molecular flexibility index (Phi) is 4.71. The van der Waals surface area contributed by atoms with Crippen LogP contribution in [-0.4, -0.2) is 36.0 Å². The Morgan fingerprint density at radius 2 is 2.05 bits per heavy atom. The van der Waals surface area contributed by atoms with Gasteiger partial charge in [0.1, 0.15) is 5.82 Å². The highest BCUT2D eigenvalue weighted by molar-refractivity contribution is 6.01. The first-order valence-corrected chi connectivity index (χ1v) is 6.86. The lowest BCUT2D eigenvalue weighted by Crippen LogP contribution is -2.32. The lowest BCUT2D eigenvalue weighted by molar-refractivity contribution is 0.0989. The molecule has 0 spiro atoms. The van der Waals surface area contributed by atoms with Gasteiger partial charge >= 0.3 is 0 Å². The van der Waals surface area contributed by atoms with Crippen molar-refractivity contribution in [3.8, 4) is 0 Å². The quantitative estimate of drug-likeness (QED) is 0.617. The van der Waals surface area contributed by atoms with Crippen LogP contribution in [0.3, 0.4) is 0 Å². The van der Waals surface area contributed by atoms with Crippen LogP contribution in [0.1, 0.15) is 37.0 Å². The van der Waals surface area contributed by atoms with E-state index in [4.69, 9.17) is 4.74 Å². The third kappa shape index (κ3) is 3.79. The van der Waals surface area contributed by atoms with Gasteiger partial charge in [0.25, 0.3) is 11.9 Å². The van der Waals surface area contributed by atoms with E-state index in [1.807, 2.05) is 18.7 Å². The van der Waals surface area contributed by atoms with Crippen molar-refractivity contribution >= 4 is 11.9 Å². The Morgan fingerprint density at radius 1 is 1.35 bits per heavy atom. The number of carbonyl (C=O) groups excluding carboxylic acids is 1. The fourth-order valence-electron chi connectivity index (χ4n) is 2.06. The van der Waals surface area contributed by atoms with Gasteiger partial charge in [0.2, 0.25) is 0 Å². The molecule has 1 saturated heterocycles. The maximum absolute atomic E-state index is 13.1. The van der Waals surface area contributed by atoms with Crippen LogP contribution in [0.2, 0.25) is 0 Å². The number of amidine groups is 1. The Balaban J connectivity index is 2.20. The molecule has 1 aliphatic heterocycles. The Hall–Kier alpha value is -1.91. The fraction of sp³-hybridized carbons (Fsp3) is 0.467. The molecule has 1 aromatic rings. The molecule has 0 atom stereocenters. The molecule has 108 valence electrons. The van der Waals surface area contributed by atoms with Crippen molar-refractivity contribution in [2.45, 2.75) is 32.8 Å². The number of amides is 1. The van der Waals surface area contributed by atoms with E-state index in [0.29, 0.717) is 6.02 Å². The van der Waals surface area contributed by atoms with Crippen LogP contribution in [0, 0.1) is 5.82 Å². The molecule has 2 rings (SSSR count). The molecule has 0 saturated carbocycles. The van der Waals surface area contributed by atoms with E-state index in [1.165, 1.54) is 18.2 Å². The van der Waals surface area contributed by atoms with E-state index in [9.17, 15) is 9.18 Å². The summed E-state index contributed by atoms with van der Waals surface area (Å²) in [6, 6.07) is 5.87. The van der Waals surface area contributed by atoms with Crippen molar-refractivity contribution in [3.05, 3.63) is 35.6 Å². The number of halogens is 1. The second-order valence-electron chi connectivity index (χ2n) is 5.07. The van der Waals surface area contributed by atoms with E-state index < -0.39 is 11.7 Å². The average molecular weight is 278 g/mol. The van der Waals surface area contributed by atoms with E-state index >= 15 is 0 Å². The average Bonchev–Trinajstić information content (AvgIpc) is 2.91. The van der Waals surface area contributed by atoms with Crippen molar-refractivity contribution < 1.29 is 13.9 Å². The van der Waals surface area contributed by atoms with Gasteiger partial charge in [-0.3, -0.25) is 4.79 Å². The maximum Gasteiger partial charge on any atom is 0.295 e. The summed E-state index contributed by atoms with van der Waals surface area (Å²) in [7, 11) is 0. The number of benzene rings is 1. The van der Waals surface area contributed by atoms with E-state index in [1.54, 1.807) is 6.07 Å². The summed E-state index contributed by atoms with van der Waals surface area (Å²) in [6.07, 6.45) is 2.07. The van der Waals surface area contributed by atoms with Gasteiger partial charge in [0, 0.05) is 18.7 Å². The van der Waals surface area contributed by atoms with Crippen molar-refractivity contribution in [2.24, 2.45) is 4.99 Å². The van der Waals surface area contributed by atoms with Gasteiger partial charge in [0.15, 0.2) is 0 Å². The molecule has 1 heterocycles. The summed E-state index contributed by atoms with van der Waals surface area (Å²) in [6.45, 7) is 5.44. The van der Waals surface area contributed by atoms with Crippen LogP contribution in [0.25, 0.3) is 0 Å². The molecule has 0 aliphatic carbocycles. The number of rotatable bonds is 2. The zero-order chi connectivity index (χ0) is 14.5. The van der Waals surface area contributed by atoms with Crippen LogP contribution >= 0.6 is 0 Å². The minimum absolute atomic E-state index is 0.0605. The first-order chi connectivity index (χ1) is 9.56. The third-order valence-corrected chi connectivity index (χ3v) is 2.99. The van der Waals surface area contributed by atoms with E-state index in [2.05, 4.69) is 4.99 Å². The molecule has 1 aromatic carbocycles. The van der Waals surface area contributed by atoms with E-state index in [-0.39, 0.29) is 11.7 Å². The van der Waals surface area contributed by atoms with Crippen LogP contribution in [0.15, 0.2) is 29.3 Å². The monoisotopic (exact) mass is 278 g/mol. The fourth-order valence-corrected chi connectivity index (χ4v) is 2.06. The van der Waals surface area contributed by atoms with Crippen LogP contribution in [0.4, 0.5) is 4.39 Å². The van der Waals surface area contributed by atoms with Crippen molar-refractivity contribution in [1.82, 2.24) is 4.90 Å². The van der Waals surface area contributed by atoms with Gasteiger partial charge in [0.05, 0.1) is 6.10 Å². The van der Waals surface area contributed by atoms with Crippen LogP contribution in [0.5, 0.6) is 0 Å². The molecule has 0 bridgehead atoms. The molecular weight excluding hydrogens is 259 g/mol. The molecule has 1 fully saturated rings. The number of aliphatic imine (C=N–C) groups is 1. The molecular formula is C15H19FN2O2. The molecule has 0 radical (unpaired) electrons. The molecule has 0 unspecified atom stereocenters. The molecule has 1 amide bonds. The zero-order valence-electron chi connectivity index (χ0n) is 11.8. The van der Waals surface area contributed by atoms with Crippen LogP contribution < -0.4 is 0 Å². The summed E-state index contributed by atoms with van der Waals surface area (Å²) < 4.78 is 18.8. The minimum Gasteiger partial charge on any atom is -0.462 e. The second-order valence-corrected chi connectivity index (χ2v) is 5.07. The molecule has 20 heavy (non-hydrogen) atoms. The van der Waals surface area contributed by atoms with Gasteiger partial charge in [-0.25, -0.2) is 4.39 Å². The smallest absolute Gasteiger partial charge is 0.295 e. The molecule has 1 aliphatic rings. The zero-order valence-corrected chi connectivity index (χ0v) is 11.8. The molecule has 0 aromatic heterocycles. The molecule has 0 N–H and O–H groups in total. The van der Waals surface area contributed by atoms with Gasteiger partial charge in [-0.2, -0.15) is 4.99 Å². The number of likely N-dealkylation sites (tertiary alicyclic amines) is 1. The van der Waals surface area contributed by atoms with Crippen molar-refractivity contribution in [2.75, 3.05) is 13.1 Å². The highest BCUT2D eigenvalue weighted by Crippen LogP contribution is 2.12. The maximum atomic E-state index is 13.1. The normalized spacial score (nSPS) is 15.8. The Bertz CT molecular complexity index is 508. The third-order valence-electron chi connectivity index (χ3n) is 2.99. The first kappa shape index (κ1) is 14.5. The SMILES string of the molecule is CC(C)OC(=NC(=O)c1cccc(F)c1)N1CCCC1. The summed E-state index contributed by atoms with van der Waals surface area (Å²) in [5.41, 5.74) is 0.231. The number of nitrogens with zero attached hydrogens (tertiary/aromatic N) is 2. The largest absolute Gasteiger partial charge is 0.462 e. The number of hydrogen-bond acceptors (Lipinski definition) is 2. The van der Waals surface area contributed by atoms with Gasteiger partial charge < -0.3 is 9.64 Å². The van der Waals surface area contributed by atoms with E-state index in [0.717, 1.165) is 25.9 Å². The summed E-state index contributed by atoms with van der Waals surface area (Å²) >= 11 is 0. The molecule has 4 nitrogen and oxygen atoms in total. The van der Waals surface area contributed by atoms with Crippen molar-refractivity contribution in [1.29, 1.82) is 0 Å². The number of ether oxygens (including phenoxy) is 1. The van der Waals surface area contributed by atoms with Crippen LogP contribution in [-0.2, 0) is 4.74 Å². The topological polar surface area (TPSA) is 41.9 Å². The summed E-state index contributed by atoms with van der Waals surface area (Å²) in [5.74, 6) is -0.925. The van der Waals surface area contributed by atoms with Gasteiger partial charge in [-0.1, -0.05) is 6.07 Å². The predicted molar refractivity (Wildman–Crippen MR) is 75.2 cm³/mol. The summed E-state index contributed by atoms with van der Waals surface area (Å²) in [4.78, 5) is 18.1. The highest BCUT2D eigenvalue weighted by Gasteiger charge is 2.20. The number of carbonyl (C=O) groups is 1. The number of hydrogen-bond donors (Lipinski definition) is 0. The second kappa shape index (κ2) is 6.50. The first-order valence-electron chi connectivity index (χ1n) is 6.86. The molecule has 5 heteroatoms.